The van der Waals surface area contributed by atoms with Gasteiger partial charge in [0.25, 0.3) is 5.56 Å². The number of aromatic nitrogens is 1. The first kappa shape index (κ1) is 23.1. The van der Waals surface area contributed by atoms with E-state index in [1.165, 1.54) is 18.4 Å². The van der Waals surface area contributed by atoms with E-state index in [4.69, 9.17) is 20.8 Å². The minimum absolute atomic E-state index is 0.250. The number of rotatable bonds is 5. The Bertz CT molecular complexity index is 1630. The third-order valence-electron chi connectivity index (χ3n) is 5.77. The van der Waals surface area contributed by atoms with Crippen LogP contribution in [0.1, 0.15) is 30.7 Å². The van der Waals surface area contributed by atoms with Gasteiger partial charge in [0.2, 0.25) is 0 Å². The van der Waals surface area contributed by atoms with Gasteiger partial charge in [-0.05, 0) is 36.2 Å². The first-order chi connectivity index (χ1) is 17.0. The fraction of sp³-hybridized carbons (Fsp3) is 0.148. The Labute approximate surface area is 210 Å². The van der Waals surface area contributed by atoms with Gasteiger partial charge in [-0.3, -0.25) is 9.36 Å². The zero-order chi connectivity index (χ0) is 24.5. The van der Waals surface area contributed by atoms with E-state index < -0.39 is 12.0 Å². The number of fused-ring (bicyclic) bond motifs is 1. The second-order valence-corrected chi connectivity index (χ2v) is 9.36. The van der Waals surface area contributed by atoms with Gasteiger partial charge in [0.15, 0.2) is 4.80 Å². The molecule has 0 N–H and O–H groups in total. The summed E-state index contributed by atoms with van der Waals surface area (Å²) in [7, 11) is 1.34. The SMILES string of the molecule is CCC1=C(C(=O)OC)[C@H](c2ccccc2)n2c(s/c(=C\c3ccc(-c4cccc(Cl)c4)o3)c2=O)=N1. The molecule has 4 aromatic rings. The van der Waals surface area contributed by atoms with Crippen molar-refractivity contribution in [3.63, 3.8) is 0 Å². The van der Waals surface area contributed by atoms with Gasteiger partial charge in [-0.2, -0.15) is 0 Å². The van der Waals surface area contributed by atoms with Crippen LogP contribution in [0.4, 0.5) is 0 Å². The minimum atomic E-state index is -0.629. The summed E-state index contributed by atoms with van der Waals surface area (Å²) in [5.74, 6) is 0.685. The van der Waals surface area contributed by atoms with Crippen LogP contribution in [-0.4, -0.2) is 17.6 Å². The Hall–Kier alpha value is -3.68. The fourth-order valence-electron chi connectivity index (χ4n) is 4.17. The number of hydrogen-bond acceptors (Lipinski definition) is 6. The molecule has 0 fully saturated rings. The van der Waals surface area contributed by atoms with E-state index in [-0.39, 0.29) is 5.56 Å². The first-order valence-corrected chi connectivity index (χ1v) is 12.2. The summed E-state index contributed by atoms with van der Waals surface area (Å²) in [6.45, 7) is 1.93. The summed E-state index contributed by atoms with van der Waals surface area (Å²) in [6.07, 6.45) is 2.23. The number of ether oxygens (including phenoxy) is 1. The largest absolute Gasteiger partial charge is 0.466 e. The third kappa shape index (κ3) is 4.29. The number of benzene rings is 2. The lowest BCUT2D eigenvalue weighted by atomic mass is 9.95. The molecule has 35 heavy (non-hydrogen) atoms. The summed E-state index contributed by atoms with van der Waals surface area (Å²) < 4.78 is 13.1. The van der Waals surface area contributed by atoms with E-state index in [1.807, 2.05) is 61.5 Å². The summed E-state index contributed by atoms with van der Waals surface area (Å²) in [6, 6.07) is 19.8. The van der Waals surface area contributed by atoms with Gasteiger partial charge in [-0.25, -0.2) is 9.79 Å². The molecule has 0 radical (unpaired) electrons. The minimum Gasteiger partial charge on any atom is -0.466 e. The molecule has 0 saturated carbocycles. The second kappa shape index (κ2) is 9.52. The number of thiazole rings is 1. The monoisotopic (exact) mass is 504 g/mol. The highest BCUT2D eigenvalue weighted by Gasteiger charge is 2.33. The average Bonchev–Trinajstić information content (AvgIpc) is 3.47. The molecular formula is C27H21ClN2O4S. The van der Waals surface area contributed by atoms with Crippen molar-refractivity contribution in [1.82, 2.24) is 4.57 Å². The quantitative estimate of drug-likeness (QED) is 0.369. The van der Waals surface area contributed by atoms with Gasteiger partial charge in [0.05, 0.1) is 29.0 Å². The van der Waals surface area contributed by atoms with Crippen molar-refractivity contribution < 1.29 is 13.9 Å². The van der Waals surface area contributed by atoms with Crippen LogP contribution in [0, 0.1) is 0 Å². The van der Waals surface area contributed by atoms with E-state index in [1.54, 1.807) is 22.8 Å². The first-order valence-electron chi connectivity index (χ1n) is 11.0. The molecule has 3 heterocycles. The van der Waals surface area contributed by atoms with Crippen molar-refractivity contribution in [2.24, 2.45) is 4.99 Å². The van der Waals surface area contributed by atoms with Crippen molar-refractivity contribution in [3.05, 3.63) is 114 Å². The predicted molar refractivity (Wildman–Crippen MR) is 136 cm³/mol. The van der Waals surface area contributed by atoms with Gasteiger partial charge >= 0.3 is 5.97 Å². The molecule has 2 aromatic heterocycles. The number of halogens is 1. The molecule has 176 valence electrons. The van der Waals surface area contributed by atoms with E-state index in [0.29, 0.717) is 43.6 Å². The van der Waals surface area contributed by atoms with Gasteiger partial charge in [-0.15, -0.1) is 0 Å². The highest BCUT2D eigenvalue weighted by Crippen LogP contribution is 2.31. The van der Waals surface area contributed by atoms with E-state index in [0.717, 1.165) is 11.1 Å². The number of carbonyl (C=O) groups excluding carboxylic acids is 1. The Balaban J connectivity index is 1.66. The van der Waals surface area contributed by atoms with Crippen molar-refractivity contribution in [2.45, 2.75) is 19.4 Å². The third-order valence-corrected chi connectivity index (χ3v) is 6.99. The van der Waals surface area contributed by atoms with Crippen molar-refractivity contribution in [3.8, 4) is 11.3 Å². The summed E-state index contributed by atoms with van der Waals surface area (Å²) >= 11 is 7.37. The molecule has 1 aliphatic rings. The molecule has 1 atom stereocenters. The van der Waals surface area contributed by atoms with E-state index in [2.05, 4.69) is 4.99 Å². The van der Waals surface area contributed by atoms with Gasteiger partial charge in [0.1, 0.15) is 11.5 Å². The summed E-state index contributed by atoms with van der Waals surface area (Å²) in [4.78, 5) is 31.6. The van der Waals surface area contributed by atoms with Crippen LogP contribution in [0.2, 0.25) is 5.02 Å². The number of furan rings is 1. The highest BCUT2D eigenvalue weighted by atomic mass is 35.5. The lowest BCUT2D eigenvalue weighted by Gasteiger charge is -2.25. The number of hydrogen-bond donors (Lipinski definition) is 0. The Morgan fingerprint density at radius 1 is 1.17 bits per heavy atom. The molecule has 5 rings (SSSR count). The number of methoxy groups -OCH3 is 1. The molecule has 2 aromatic carbocycles. The average molecular weight is 505 g/mol. The Morgan fingerprint density at radius 3 is 2.69 bits per heavy atom. The topological polar surface area (TPSA) is 73.8 Å². The van der Waals surface area contributed by atoms with Crippen LogP contribution >= 0.6 is 22.9 Å². The molecule has 0 bridgehead atoms. The van der Waals surface area contributed by atoms with Crippen LogP contribution in [0.25, 0.3) is 17.4 Å². The van der Waals surface area contributed by atoms with E-state index >= 15 is 0 Å². The summed E-state index contributed by atoms with van der Waals surface area (Å²) in [5.41, 5.74) is 2.39. The maximum Gasteiger partial charge on any atom is 0.338 e. The second-order valence-electron chi connectivity index (χ2n) is 7.91. The molecule has 0 saturated heterocycles. The fourth-order valence-corrected chi connectivity index (χ4v) is 5.36. The predicted octanol–water partition coefficient (Wildman–Crippen LogP) is 4.71. The van der Waals surface area contributed by atoms with Crippen LogP contribution in [0.3, 0.4) is 0 Å². The zero-order valence-electron chi connectivity index (χ0n) is 19.0. The highest BCUT2D eigenvalue weighted by molar-refractivity contribution is 7.07. The molecule has 8 heteroatoms. The lowest BCUT2D eigenvalue weighted by Crippen LogP contribution is -2.40. The molecule has 0 aliphatic carbocycles. The maximum atomic E-state index is 13.6. The summed E-state index contributed by atoms with van der Waals surface area (Å²) in [5, 5.41) is 0.614. The van der Waals surface area contributed by atoms with Gasteiger partial charge < -0.3 is 9.15 Å². The van der Waals surface area contributed by atoms with Crippen molar-refractivity contribution in [2.75, 3.05) is 7.11 Å². The van der Waals surface area contributed by atoms with Gasteiger partial charge in [-0.1, -0.05) is 72.3 Å². The molecular weight excluding hydrogens is 484 g/mol. The van der Waals surface area contributed by atoms with Crippen molar-refractivity contribution >= 4 is 35.0 Å². The molecule has 1 aliphatic heterocycles. The number of esters is 1. The Morgan fingerprint density at radius 2 is 1.97 bits per heavy atom. The van der Waals surface area contributed by atoms with Gasteiger partial charge in [0, 0.05) is 16.7 Å². The number of carbonyl (C=O) groups is 1. The van der Waals surface area contributed by atoms with Crippen LogP contribution in [0.5, 0.6) is 0 Å². The standard InChI is InChI=1S/C27H21ClN2O4S/c1-3-20-23(26(32)33-2)24(16-8-5-4-6-9-16)30-25(31)22(35-27(30)29-20)15-19-12-13-21(34-19)17-10-7-11-18(28)14-17/h4-15,24H,3H2,1-2H3/b22-15-/t24-/m0/s1. The molecule has 0 unspecified atom stereocenters. The van der Waals surface area contributed by atoms with E-state index in [9.17, 15) is 9.59 Å². The van der Waals surface area contributed by atoms with Crippen LogP contribution in [0.15, 0.2) is 92.2 Å². The van der Waals surface area contributed by atoms with Crippen LogP contribution in [-0.2, 0) is 9.53 Å². The molecule has 6 nitrogen and oxygen atoms in total. The number of nitrogens with zero attached hydrogens (tertiary/aromatic N) is 2. The zero-order valence-corrected chi connectivity index (χ0v) is 20.6. The number of allylic oxidation sites excluding steroid dienone is 1. The lowest BCUT2D eigenvalue weighted by molar-refractivity contribution is -0.136. The smallest absolute Gasteiger partial charge is 0.338 e. The normalized spacial score (nSPS) is 15.6. The van der Waals surface area contributed by atoms with Crippen LogP contribution < -0.4 is 14.9 Å². The Kier molecular flexibility index (Phi) is 6.28. The van der Waals surface area contributed by atoms with Crippen molar-refractivity contribution in [1.29, 1.82) is 0 Å². The maximum absolute atomic E-state index is 13.6. The molecule has 0 spiro atoms. The molecule has 0 amide bonds.